The molecule has 1 atom stereocenters. The second-order valence-corrected chi connectivity index (χ2v) is 2.50. The van der Waals surface area contributed by atoms with Gasteiger partial charge in [0, 0.05) is 5.92 Å². The molecule has 0 aromatic rings. The fourth-order valence-corrected chi connectivity index (χ4v) is 1.19. The van der Waals surface area contributed by atoms with Crippen LogP contribution in [0.5, 0.6) is 0 Å². The van der Waals surface area contributed by atoms with Crippen LogP contribution in [0.2, 0.25) is 0 Å². The van der Waals surface area contributed by atoms with Crippen molar-refractivity contribution in [2.45, 2.75) is 12.8 Å². The standard InChI is InChI=1S/C6H13NO/c8-5-6-2-1-3-7-4-6/h6-8H,1-5H2/p+1. The van der Waals surface area contributed by atoms with Crippen molar-refractivity contribution in [2.75, 3.05) is 19.7 Å². The first-order valence-corrected chi connectivity index (χ1v) is 3.36. The lowest BCUT2D eigenvalue weighted by Crippen LogP contribution is -2.87. The molecule has 1 aliphatic rings. The first-order chi connectivity index (χ1) is 3.93. The average Bonchev–Trinajstić information content (AvgIpc) is 1.90. The Hall–Kier alpha value is -0.0800. The second-order valence-electron chi connectivity index (χ2n) is 2.50. The average molecular weight is 116 g/mol. The number of rotatable bonds is 1. The Labute approximate surface area is 49.9 Å². The van der Waals surface area contributed by atoms with E-state index in [0.29, 0.717) is 12.5 Å². The maximum absolute atomic E-state index is 8.67. The highest BCUT2D eigenvalue weighted by molar-refractivity contribution is 4.57. The van der Waals surface area contributed by atoms with Crippen molar-refractivity contribution >= 4 is 0 Å². The van der Waals surface area contributed by atoms with Crippen LogP contribution in [-0.2, 0) is 0 Å². The molecule has 48 valence electrons. The zero-order valence-corrected chi connectivity index (χ0v) is 5.14. The number of piperidine rings is 1. The van der Waals surface area contributed by atoms with Gasteiger partial charge < -0.3 is 10.4 Å². The minimum absolute atomic E-state index is 0.385. The second kappa shape index (κ2) is 3.05. The van der Waals surface area contributed by atoms with Crippen LogP contribution in [0.3, 0.4) is 0 Å². The summed E-state index contributed by atoms with van der Waals surface area (Å²) in [5.74, 6) is 0.587. The molecule has 0 aliphatic carbocycles. The summed E-state index contributed by atoms with van der Waals surface area (Å²) in [6.07, 6.45) is 2.51. The molecule has 0 bridgehead atoms. The molecular formula is C6H14NO+. The quantitative estimate of drug-likeness (QED) is 0.451. The molecular weight excluding hydrogens is 102 g/mol. The molecule has 0 aromatic heterocycles. The highest BCUT2D eigenvalue weighted by Crippen LogP contribution is 2.03. The zero-order valence-electron chi connectivity index (χ0n) is 5.14. The molecule has 1 unspecified atom stereocenters. The summed E-state index contributed by atoms with van der Waals surface area (Å²) >= 11 is 0. The zero-order chi connectivity index (χ0) is 5.82. The van der Waals surface area contributed by atoms with Gasteiger partial charge in [0.1, 0.15) is 0 Å². The molecule has 1 rings (SSSR count). The van der Waals surface area contributed by atoms with Gasteiger partial charge in [0.25, 0.3) is 0 Å². The van der Waals surface area contributed by atoms with Gasteiger partial charge in [-0.25, -0.2) is 0 Å². The van der Waals surface area contributed by atoms with Crippen molar-refractivity contribution in [3.63, 3.8) is 0 Å². The van der Waals surface area contributed by atoms with E-state index in [4.69, 9.17) is 5.11 Å². The molecule has 1 aliphatic heterocycles. The molecule has 1 heterocycles. The predicted octanol–water partition coefficient (Wildman–Crippen LogP) is -1.05. The van der Waals surface area contributed by atoms with Crippen LogP contribution < -0.4 is 5.32 Å². The lowest BCUT2D eigenvalue weighted by Gasteiger charge is -2.16. The fourth-order valence-electron chi connectivity index (χ4n) is 1.19. The van der Waals surface area contributed by atoms with Crippen LogP contribution >= 0.6 is 0 Å². The summed E-state index contributed by atoms with van der Waals surface area (Å²) in [7, 11) is 0. The van der Waals surface area contributed by atoms with Crippen molar-refractivity contribution in [1.82, 2.24) is 0 Å². The summed E-state index contributed by atoms with van der Waals surface area (Å²) < 4.78 is 0. The van der Waals surface area contributed by atoms with Crippen molar-refractivity contribution in [1.29, 1.82) is 0 Å². The van der Waals surface area contributed by atoms with Crippen molar-refractivity contribution in [3.05, 3.63) is 0 Å². The summed E-state index contributed by atoms with van der Waals surface area (Å²) in [6.45, 7) is 2.78. The number of aliphatic hydroxyl groups is 1. The molecule has 2 nitrogen and oxygen atoms in total. The Morgan fingerprint density at radius 1 is 1.62 bits per heavy atom. The van der Waals surface area contributed by atoms with E-state index in [1.54, 1.807) is 0 Å². The van der Waals surface area contributed by atoms with E-state index in [2.05, 4.69) is 5.32 Å². The van der Waals surface area contributed by atoms with Crippen LogP contribution in [-0.4, -0.2) is 24.8 Å². The van der Waals surface area contributed by atoms with Gasteiger partial charge in [0.15, 0.2) is 0 Å². The van der Waals surface area contributed by atoms with Crippen LogP contribution in [0.25, 0.3) is 0 Å². The molecule has 0 saturated carbocycles. The van der Waals surface area contributed by atoms with E-state index < -0.39 is 0 Å². The summed E-state index contributed by atoms with van der Waals surface area (Å²) in [6, 6.07) is 0. The molecule has 8 heavy (non-hydrogen) atoms. The van der Waals surface area contributed by atoms with Gasteiger partial charge in [-0.2, -0.15) is 0 Å². The van der Waals surface area contributed by atoms with Crippen molar-refractivity contribution in [3.8, 4) is 0 Å². The van der Waals surface area contributed by atoms with Crippen LogP contribution in [0.4, 0.5) is 0 Å². The molecule has 0 aromatic carbocycles. The van der Waals surface area contributed by atoms with Crippen LogP contribution in [0, 0.1) is 5.92 Å². The smallest absolute Gasteiger partial charge is 0.0806 e. The highest BCUT2D eigenvalue weighted by Gasteiger charge is 2.13. The summed E-state index contributed by atoms with van der Waals surface area (Å²) in [4.78, 5) is 0. The third-order valence-corrected chi connectivity index (χ3v) is 1.78. The maximum atomic E-state index is 8.67. The number of hydrogen-bond acceptors (Lipinski definition) is 1. The van der Waals surface area contributed by atoms with Gasteiger partial charge >= 0.3 is 0 Å². The Kier molecular flexibility index (Phi) is 2.30. The first kappa shape index (κ1) is 6.05. The summed E-state index contributed by atoms with van der Waals surface area (Å²) in [5.41, 5.74) is 0. The van der Waals surface area contributed by atoms with Crippen molar-refractivity contribution in [2.24, 2.45) is 5.92 Å². The first-order valence-electron chi connectivity index (χ1n) is 3.36. The Morgan fingerprint density at radius 3 is 2.88 bits per heavy atom. The number of nitrogens with two attached hydrogens (primary N) is 1. The third-order valence-electron chi connectivity index (χ3n) is 1.78. The van der Waals surface area contributed by atoms with E-state index in [0.717, 1.165) is 6.54 Å². The number of aliphatic hydroxyl groups excluding tert-OH is 1. The van der Waals surface area contributed by atoms with E-state index in [1.807, 2.05) is 0 Å². The molecule has 1 fully saturated rings. The molecule has 1 saturated heterocycles. The lowest BCUT2D eigenvalue weighted by atomic mass is 10.0. The lowest BCUT2D eigenvalue weighted by molar-refractivity contribution is -0.669. The molecule has 0 spiro atoms. The van der Waals surface area contributed by atoms with Gasteiger partial charge in [-0.05, 0) is 12.8 Å². The minimum Gasteiger partial charge on any atom is -0.396 e. The van der Waals surface area contributed by atoms with E-state index in [1.165, 1.54) is 19.4 Å². The topological polar surface area (TPSA) is 36.8 Å². The largest absolute Gasteiger partial charge is 0.396 e. The number of quaternary nitrogens is 1. The van der Waals surface area contributed by atoms with Crippen LogP contribution in [0.15, 0.2) is 0 Å². The third kappa shape index (κ3) is 1.46. The van der Waals surface area contributed by atoms with E-state index in [-0.39, 0.29) is 0 Å². The normalized spacial score (nSPS) is 30.4. The SMILES string of the molecule is OCC1CCC[NH2+]C1. The Balaban J connectivity index is 2.13. The number of hydrogen-bond donors (Lipinski definition) is 2. The fraction of sp³-hybridized carbons (Fsp3) is 1.00. The molecule has 0 amide bonds. The van der Waals surface area contributed by atoms with Gasteiger partial charge in [-0.1, -0.05) is 0 Å². The van der Waals surface area contributed by atoms with E-state index >= 15 is 0 Å². The molecule has 0 radical (unpaired) electrons. The predicted molar refractivity (Wildman–Crippen MR) is 31.5 cm³/mol. The summed E-state index contributed by atoms with van der Waals surface area (Å²) in [5, 5.41) is 11.0. The Morgan fingerprint density at radius 2 is 2.50 bits per heavy atom. The maximum Gasteiger partial charge on any atom is 0.0806 e. The molecule has 3 N–H and O–H groups in total. The highest BCUT2D eigenvalue weighted by atomic mass is 16.3. The Bertz CT molecular complexity index is 59.5. The minimum atomic E-state index is 0.385. The monoisotopic (exact) mass is 116 g/mol. The van der Waals surface area contributed by atoms with E-state index in [9.17, 15) is 0 Å². The van der Waals surface area contributed by atoms with Gasteiger partial charge in [-0.15, -0.1) is 0 Å². The van der Waals surface area contributed by atoms with Gasteiger partial charge in [0.2, 0.25) is 0 Å². The molecule has 2 heteroatoms. The van der Waals surface area contributed by atoms with Crippen LogP contribution in [0.1, 0.15) is 12.8 Å². The van der Waals surface area contributed by atoms with Gasteiger partial charge in [0.05, 0.1) is 19.7 Å². The van der Waals surface area contributed by atoms with Crippen molar-refractivity contribution < 1.29 is 10.4 Å². The van der Waals surface area contributed by atoms with Gasteiger partial charge in [-0.3, -0.25) is 0 Å².